The molecule has 0 amide bonds. The Balaban J connectivity index is 3.29. The van der Waals surface area contributed by atoms with Gasteiger partial charge in [0.15, 0.2) is 0 Å². The highest BCUT2D eigenvalue weighted by atomic mass is 16.5. The minimum absolute atomic E-state index is 0.143. The van der Waals surface area contributed by atoms with E-state index < -0.39 is 0 Å². The lowest BCUT2D eigenvalue weighted by Gasteiger charge is -2.05. The number of unbranched alkanes of at least 4 members (excludes halogenated alkanes) is 8. The van der Waals surface area contributed by atoms with Crippen molar-refractivity contribution in [1.82, 2.24) is 0 Å². The van der Waals surface area contributed by atoms with E-state index >= 15 is 0 Å². The first-order chi connectivity index (χ1) is 11.2. The van der Waals surface area contributed by atoms with Crippen LogP contribution in [0.3, 0.4) is 0 Å². The van der Waals surface area contributed by atoms with Crippen molar-refractivity contribution in [3.63, 3.8) is 0 Å². The molecule has 0 aromatic rings. The number of hydrogen-bond donors (Lipinski definition) is 0. The third-order valence-electron chi connectivity index (χ3n) is 3.78. The van der Waals surface area contributed by atoms with E-state index in [9.17, 15) is 9.59 Å². The van der Waals surface area contributed by atoms with Crippen molar-refractivity contribution < 1.29 is 19.1 Å². The van der Waals surface area contributed by atoms with Gasteiger partial charge < -0.3 is 9.47 Å². The van der Waals surface area contributed by atoms with Crippen LogP contribution in [-0.2, 0) is 19.1 Å². The summed E-state index contributed by atoms with van der Waals surface area (Å²) in [5.74, 6) is -0.301. The third kappa shape index (κ3) is 17.1. The summed E-state index contributed by atoms with van der Waals surface area (Å²) >= 11 is 0. The van der Waals surface area contributed by atoms with Crippen LogP contribution in [-0.4, -0.2) is 25.2 Å². The summed E-state index contributed by atoms with van der Waals surface area (Å²) in [6, 6.07) is 0. The van der Waals surface area contributed by atoms with Gasteiger partial charge in [-0.25, -0.2) is 0 Å². The molecule has 0 spiro atoms. The van der Waals surface area contributed by atoms with Gasteiger partial charge in [-0.1, -0.05) is 58.8 Å². The Hall–Kier alpha value is -1.06. The molecule has 0 rings (SSSR count). The highest BCUT2D eigenvalue weighted by molar-refractivity contribution is 5.70. The molecule has 0 atom stereocenters. The molecule has 0 aliphatic heterocycles. The molecule has 4 nitrogen and oxygen atoms in total. The normalized spacial score (nSPS) is 10.5. The first kappa shape index (κ1) is 21.9. The molecule has 0 saturated carbocycles. The zero-order chi connectivity index (χ0) is 17.2. The lowest BCUT2D eigenvalue weighted by Crippen LogP contribution is -2.08. The van der Waals surface area contributed by atoms with Crippen LogP contribution in [0.1, 0.15) is 97.3 Å². The number of rotatable bonds is 16. The maximum Gasteiger partial charge on any atom is 0.305 e. The van der Waals surface area contributed by atoms with Gasteiger partial charge in [-0.3, -0.25) is 9.59 Å². The Labute approximate surface area is 142 Å². The zero-order valence-corrected chi connectivity index (χ0v) is 15.2. The van der Waals surface area contributed by atoms with Crippen LogP contribution in [0.4, 0.5) is 0 Å². The first-order valence-corrected chi connectivity index (χ1v) is 9.52. The molecule has 0 aliphatic rings. The Kier molecular flexibility index (Phi) is 16.5. The van der Waals surface area contributed by atoms with E-state index in [1.165, 1.54) is 32.1 Å². The summed E-state index contributed by atoms with van der Waals surface area (Å²) in [6.07, 6.45) is 12.7. The molecule has 23 heavy (non-hydrogen) atoms. The lowest BCUT2D eigenvalue weighted by molar-refractivity contribution is -0.146. The van der Waals surface area contributed by atoms with Crippen LogP contribution in [0.5, 0.6) is 0 Å². The largest absolute Gasteiger partial charge is 0.466 e. The standard InChI is InChI=1S/C19H36O4/c1-3-5-7-8-9-10-13-17-23-19(21)15-12-11-14-18(20)22-16-6-4-2/h3-17H2,1-2H3. The summed E-state index contributed by atoms with van der Waals surface area (Å²) in [4.78, 5) is 22.9. The van der Waals surface area contributed by atoms with Gasteiger partial charge >= 0.3 is 11.9 Å². The fourth-order valence-electron chi connectivity index (χ4n) is 2.26. The number of esters is 2. The molecular formula is C19H36O4. The monoisotopic (exact) mass is 328 g/mol. The first-order valence-electron chi connectivity index (χ1n) is 9.52. The molecular weight excluding hydrogens is 292 g/mol. The average molecular weight is 328 g/mol. The topological polar surface area (TPSA) is 52.6 Å². The predicted molar refractivity (Wildman–Crippen MR) is 93.3 cm³/mol. The van der Waals surface area contributed by atoms with Crippen LogP contribution in [0, 0.1) is 0 Å². The lowest BCUT2D eigenvalue weighted by atomic mass is 10.1. The highest BCUT2D eigenvalue weighted by Crippen LogP contribution is 2.08. The van der Waals surface area contributed by atoms with Crippen molar-refractivity contribution in [2.45, 2.75) is 97.3 Å². The van der Waals surface area contributed by atoms with Crippen molar-refractivity contribution in [2.75, 3.05) is 13.2 Å². The minimum atomic E-state index is -0.158. The van der Waals surface area contributed by atoms with Gasteiger partial charge in [-0.2, -0.15) is 0 Å². The van der Waals surface area contributed by atoms with Crippen LogP contribution in [0.2, 0.25) is 0 Å². The van der Waals surface area contributed by atoms with E-state index in [1.807, 2.05) is 0 Å². The summed E-state index contributed by atoms with van der Waals surface area (Å²) in [5.41, 5.74) is 0. The summed E-state index contributed by atoms with van der Waals surface area (Å²) < 4.78 is 10.3. The highest BCUT2D eigenvalue weighted by Gasteiger charge is 2.06. The van der Waals surface area contributed by atoms with E-state index in [1.54, 1.807) is 0 Å². The van der Waals surface area contributed by atoms with Gasteiger partial charge in [0, 0.05) is 12.8 Å². The fraction of sp³-hybridized carbons (Fsp3) is 0.895. The van der Waals surface area contributed by atoms with Crippen molar-refractivity contribution in [3.05, 3.63) is 0 Å². The Morgan fingerprint density at radius 1 is 0.565 bits per heavy atom. The predicted octanol–water partition coefficient (Wildman–Crippen LogP) is 5.18. The van der Waals surface area contributed by atoms with Crippen molar-refractivity contribution in [3.8, 4) is 0 Å². The molecule has 4 heteroatoms. The van der Waals surface area contributed by atoms with Gasteiger partial charge in [-0.15, -0.1) is 0 Å². The van der Waals surface area contributed by atoms with Gasteiger partial charge in [0.05, 0.1) is 13.2 Å². The van der Waals surface area contributed by atoms with E-state index in [2.05, 4.69) is 13.8 Å². The Morgan fingerprint density at radius 3 is 1.52 bits per heavy atom. The van der Waals surface area contributed by atoms with Crippen LogP contribution < -0.4 is 0 Å². The van der Waals surface area contributed by atoms with Crippen LogP contribution in [0.25, 0.3) is 0 Å². The molecule has 0 unspecified atom stereocenters. The van der Waals surface area contributed by atoms with E-state index in [4.69, 9.17) is 9.47 Å². The molecule has 0 aromatic carbocycles. The van der Waals surface area contributed by atoms with Crippen molar-refractivity contribution >= 4 is 11.9 Å². The number of hydrogen-bond acceptors (Lipinski definition) is 4. The zero-order valence-electron chi connectivity index (χ0n) is 15.2. The second kappa shape index (κ2) is 17.3. The second-order valence-electron chi connectivity index (χ2n) is 6.12. The maximum atomic E-state index is 11.5. The smallest absolute Gasteiger partial charge is 0.305 e. The molecule has 0 fully saturated rings. The van der Waals surface area contributed by atoms with Crippen molar-refractivity contribution in [1.29, 1.82) is 0 Å². The number of carbonyl (C=O) groups is 2. The maximum absolute atomic E-state index is 11.5. The number of ether oxygens (including phenoxy) is 2. The molecule has 0 heterocycles. The second-order valence-corrected chi connectivity index (χ2v) is 6.12. The van der Waals surface area contributed by atoms with E-state index in [0.717, 1.165) is 25.7 Å². The van der Waals surface area contributed by atoms with Crippen molar-refractivity contribution in [2.24, 2.45) is 0 Å². The molecule has 0 N–H and O–H groups in total. The van der Waals surface area contributed by atoms with Gasteiger partial charge in [0.1, 0.15) is 0 Å². The summed E-state index contributed by atoms with van der Waals surface area (Å²) in [5, 5.41) is 0. The van der Waals surface area contributed by atoms with Crippen LogP contribution >= 0.6 is 0 Å². The Morgan fingerprint density at radius 2 is 1.00 bits per heavy atom. The van der Waals surface area contributed by atoms with Gasteiger partial charge in [0.25, 0.3) is 0 Å². The summed E-state index contributed by atoms with van der Waals surface area (Å²) in [6.45, 7) is 5.32. The minimum Gasteiger partial charge on any atom is -0.466 e. The van der Waals surface area contributed by atoms with E-state index in [0.29, 0.717) is 38.9 Å². The Bertz CT molecular complexity index is 289. The molecule has 0 saturated heterocycles. The van der Waals surface area contributed by atoms with Gasteiger partial charge in [0.2, 0.25) is 0 Å². The number of carbonyl (C=O) groups excluding carboxylic acids is 2. The molecule has 0 aliphatic carbocycles. The molecule has 0 radical (unpaired) electrons. The molecule has 0 bridgehead atoms. The quantitative estimate of drug-likeness (QED) is 0.289. The molecule has 136 valence electrons. The van der Waals surface area contributed by atoms with Crippen LogP contribution in [0.15, 0.2) is 0 Å². The fourth-order valence-corrected chi connectivity index (χ4v) is 2.26. The van der Waals surface area contributed by atoms with Gasteiger partial charge in [-0.05, 0) is 25.7 Å². The molecule has 0 aromatic heterocycles. The average Bonchev–Trinajstić information content (AvgIpc) is 2.54. The third-order valence-corrected chi connectivity index (χ3v) is 3.78. The summed E-state index contributed by atoms with van der Waals surface area (Å²) in [7, 11) is 0. The SMILES string of the molecule is CCCCCCCCCOC(=O)CCCCC(=O)OCCCC. The van der Waals surface area contributed by atoms with E-state index in [-0.39, 0.29) is 11.9 Å².